The molecule has 2 aliphatic heterocycles. The number of nitrogens with zero attached hydrogens (tertiary/aromatic N) is 3. The Balaban J connectivity index is 1.60. The lowest BCUT2D eigenvalue weighted by Gasteiger charge is -2.29. The maximum Gasteiger partial charge on any atom is 0.257 e. The van der Waals surface area contributed by atoms with Gasteiger partial charge in [0.05, 0.1) is 25.4 Å². The van der Waals surface area contributed by atoms with Crippen LogP contribution in [0.25, 0.3) is 0 Å². The second kappa shape index (κ2) is 8.78. The third-order valence-corrected chi connectivity index (χ3v) is 5.83. The number of methoxy groups -OCH3 is 1. The highest BCUT2D eigenvalue weighted by molar-refractivity contribution is 6.03. The van der Waals surface area contributed by atoms with E-state index in [-0.39, 0.29) is 11.9 Å². The van der Waals surface area contributed by atoms with Gasteiger partial charge in [0.15, 0.2) is 0 Å². The fourth-order valence-corrected chi connectivity index (χ4v) is 4.21. The van der Waals surface area contributed by atoms with E-state index in [1.165, 1.54) is 24.8 Å². The molecule has 0 aromatic heterocycles. The van der Waals surface area contributed by atoms with Crippen LogP contribution >= 0.6 is 0 Å². The zero-order valence-electron chi connectivity index (χ0n) is 17.3. The van der Waals surface area contributed by atoms with Gasteiger partial charge in [0.2, 0.25) is 0 Å². The van der Waals surface area contributed by atoms with E-state index in [1.54, 1.807) is 12.1 Å². The average molecular weight is 392 g/mol. The van der Waals surface area contributed by atoms with Crippen molar-refractivity contribution in [1.82, 2.24) is 9.91 Å². The average Bonchev–Trinajstić information content (AvgIpc) is 3.20. The third-order valence-electron chi connectivity index (χ3n) is 5.83. The van der Waals surface area contributed by atoms with Crippen LogP contribution in [-0.4, -0.2) is 48.3 Å². The third kappa shape index (κ3) is 4.51. The summed E-state index contributed by atoms with van der Waals surface area (Å²) in [7, 11) is 1.66. The van der Waals surface area contributed by atoms with E-state index in [1.807, 2.05) is 30.3 Å². The van der Waals surface area contributed by atoms with Gasteiger partial charge in [-0.2, -0.15) is 5.10 Å². The number of rotatable bonds is 5. The number of hydrazone groups is 1. The number of amides is 1. The van der Waals surface area contributed by atoms with Crippen LogP contribution in [0.3, 0.4) is 0 Å². The van der Waals surface area contributed by atoms with Crippen molar-refractivity contribution in [2.75, 3.05) is 26.7 Å². The number of ether oxygens (including phenoxy) is 1. The Labute approximate surface area is 173 Å². The number of aryl methyl sites for hydroxylation is 1. The van der Waals surface area contributed by atoms with E-state index in [9.17, 15) is 4.79 Å². The Bertz CT molecular complexity index is 885. The monoisotopic (exact) mass is 391 g/mol. The molecule has 1 saturated heterocycles. The lowest BCUT2D eigenvalue weighted by Crippen LogP contribution is -2.40. The highest BCUT2D eigenvalue weighted by atomic mass is 16.5. The molecule has 0 spiro atoms. The van der Waals surface area contributed by atoms with Gasteiger partial charge in [0, 0.05) is 6.42 Å². The molecule has 29 heavy (non-hydrogen) atoms. The zero-order valence-corrected chi connectivity index (χ0v) is 17.3. The second-order valence-electron chi connectivity index (χ2n) is 7.98. The van der Waals surface area contributed by atoms with Gasteiger partial charge < -0.3 is 4.74 Å². The van der Waals surface area contributed by atoms with Gasteiger partial charge in [0.1, 0.15) is 5.75 Å². The molecule has 5 nitrogen and oxygen atoms in total. The molecule has 2 aromatic rings. The smallest absolute Gasteiger partial charge is 0.257 e. The van der Waals surface area contributed by atoms with Crippen molar-refractivity contribution in [2.24, 2.45) is 5.10 Å². The highest BCUT2D eigenvalue weighted by Gasteiger charge is 2.33. The number of likely N-dealkylation sites (tertiary alicyclic amines) is 1. The molecule has 0 N–H and O–H groups in total. The fraction of sp³-hybridized carbons (Fsp3) is 0.417. The first kappa shape index (κ1) is 19.6. The number of carbonyl (C=O) groups excluding carboxylic acids is 1. The van der Waals surface area contributed by atoms with Gasteiger partial charge in [-0.15, -0.1) is 0 Å². The molecule has 2 aliphatic rings. The predicted molar refractivity (Wildman–Crippen MR) is 115 cm³/mol. The summed E-state index contributed by atoms with van der Waals surface area (Å²) in [5.74, 6) is 0.896. The number of piperidine rings is 1. The lowest BCUT2D eigenvalue weighted by molar-refractivity contribution is -0.134. The van der Waals surface area contributed by atoms with E-state index in [4.69, 9.17) is 9.84 Å². The van der Waals surface area contributed by atoms with Crippen LogP contribution in [0.5, 0.6) is 5.75 Å². The topological polar surface area (TPSA) is 45.1 Å². The van der Waals surface area contributed by atoms with Crippen molar-refractivity contribution >= 4 is 11.6 Å². The summed E-state index contributed by atoms with van der Waals surface area (Å²) in [4.78, 5) is 15.5. The summed E-state index contributed by atoms with van der Waals surface area (Å²) in [6.07, 6.45) is 4.33. The van der Waals surface area contributed by atoms with Gasteiger partial charge in [-0.3, -0.25) is 9.69 Å². The molecule has 0 saturated carbocycles. The molecule has 2 aromatic carbocycles. The molecule has 1 amide bonds. The first-order valence-electron chi connectivity index (χ1n) is 10.5. The standard InChI is InChI=1S/C24H29N3O2/c1-18-7-6-8-20(15-18)22-16-23(19-9-11-21(29-2)12-10-19)27(25-22)24(28)17-26-13-4-3-5-14-26/h6-12,15,23H,3-5,13-14,16-17H2,1-2H3/t23-/m0/s1. The van der Waals surface area contributed by atoms with Gasteiger partial charge in [-0.05, 0) is 56.1 Å². The number of carbonyl (C=O) groups is 1. The van der Waals surface area contributed by atoms with Gasteiger partial charge in [-0.1, -0.05) is 48.4 Å². The molecular formula is C24H29N3O2. The summed E-state index contributed by atoms with van der Waals surface area (Å²) < 4.78 is 5.29. The molecule has 0 radical (unpaired) electrons. The lowest BCUT2D eigenvalue weighted by atomic mass is 9.97. The minimum Gasteiger partial charge on any atom is -0.497 e. The molecule has 0 aliphatic carbocycles. The molecule has 152 valence electrons. The van der Waals surface area contributed by atoms with Gasteiger partial charge in [-0.25, -0.2) is 5.01 Å². The predicted octanol–water partition coefficient (Wildman–Crippen LogP) is 4.17. The van der Waals surface area contributed by atoms with Crippen LogP contribution < -0.4 is 4.74 Å². The van der Waals surface area contributed by atoms with Crippen LogP contribution in [0.4, 0.5) is 0 Å². The zero-order chi connectivity index (χ0) is 20.2. The molecule has 4 rings (SSSR count). The minimum absolute atomic E-state index is 0.0753. The molecule has 0 bridgehead atoms. The summed E-state index contributed by atoms with van der Waals surface area (Å²) in [5, 5.41) is 6.52. The van der Waals surface area contributed by atoms with Crippen molar-refractivity contribution in [3.05, 3.63) is 65.2 Å². The highest BCUT2D eigenvalue weighted by Crippen LogP contribution is 2.34. The summed E-state index contributed by atoms with van der Waals surface area (Å²) in [6, 6.07) is 16.3. The number of hydrogen-bond donors (Lipinski definition) is 0. The summed E-state index contributed by atoms with van der Waals surface area (Å²) >= 11 is 0. The van der Waals surface area contributed by atoms with Crippen LogP contribution in [0.1, 0.15) is 48.4 Å². The molecular weight excluding hydrogens is 362 g/mol. The van der Waals surface area contributed by atoms with Crippen molar-refractivity contribution in [3.63, 3.8) is 0 Å². The van der Waals surface area contributed by atoms with Gasteiger partial charge >= 0.3 is 0 Å². The Hall–Kier alpha value is -2.66. The van der Waals surface area contributed by atoms with Crippen LogP contribution in [-0.2, 0) is 4.79 Å². The summed E-state index contributed by atoms with van der Waals surface area (Å²) in [5.41, 5.74) is 4.35. The number of benzene rings is 2. The van der Waals surface area contributed by atoms with Crippen LogP contribution in [0.15, 0.2) is 53.6 Å². The van der Waals surface area contributed by atoms with E-state index in [0.29, 0.717) is 6.54 Å². The van der Waals surface area contributed by atoms with Crippen molar-refractivity contribution in [2.45, 2.75) is 38.6 Å². The maximum absolute atomic E-state index is 13.2. The number of hydrogen-bond acceptors (Lipinski definition) is 4. The Morgan fingerprint density at radius 3 is 2.55 bits per heavy atom. The Morgan fingerprint density at radius 2 is 1.86 bits per heavy atom. The second-order valence-corrected chi connectivity index (χ2v) is 7.98. The van der Waals surface area contributed by atoms with E-state index >= 15 is 0 Å². The Morgan fingerprint density at radius 1 is 1.10 bits per heavy atom. The molecule has 2 heterocycles. The van der Waals surface area contributed by atoms with E-state index in [0.717, 1.165) is 42.1 Å². The van der Waals surface area contributed by atoms with Crippen LogP contribution in [0, 0.1) is 6.92 Å². The van der Waals surface area contributed by atoms with E-state index < -0.39 is 0 Å². The van der Waals surface area contributed by atoms with Crippen molar-refractivity contribution < 1.29 is 9.53 Å². The van der Waals surface area contributed by atoms with Crippen molar-refractivity contribution in [3.8, 4) is 5.75 Å². The first-order valence-corrected chi connectivity index (χ1v) is 10.5. The van der Waals surface area contributed by atoms with Gasteiger partial charge in [0.25, 0.3) is 5.91 Å². The largest absolute Gasteiger partial charge is 0.497 e. The normalized spacial score (nSPS) is 19.9. The molecule has 5 heteroatoms. The first-order chi connectivity index (χ1) is 14.1. The SMILES string of the molecule is COc1ccc([C@@H]2CC(c3cccc(C)c3)=NN2C(=O)CN2CCCCC2)cc1. The quantitative estimate of drug-likeness (QED) is 0.769. The molecule has 0 unspecified atom stereocenters. The van der Waals surface area contributed by atoms with E-state index in [2.05, 4.69) is 30.0 Å². The van der Waals surface area contributed by atoms with Crippen molar-refractivity contribution in [1.29, 1.82) is 0 Å². The fourth-order valence-electron chi connectivity index (χ4n) is 4.21. The van der Waals surface area contributed by atoms with Crippen LogP contribution in [0.2, 0.25) is 0 Å². The minimum atomic E-state index is -0.0753. The Kier molecular flexibility index (Phi) is 5.95. The molecule has 1 atom stereocenters. The molecule has 1 fully saturated rings. The maximum atomic E-state index is 13.2. The summed E-state index contributed by atoms with van der Waals surface area (Å²) in [6.45, 7) is 4.53.